The quantitative estimate of drug-likeness (QED) is 0.721. The van der Waals surface area contributed by atoms with Gasteiger partial charge in [0.05, 0.1) is 5.41 Å². The summed E-state index contributed by atoms with van der Waals surface area (Å²) in [5, 5.41) is 0. The number of hydrogen-bond acceptors (Lipinski definition) is 1. The summed E-state index contributed by atoms with van der Waals surface area (Å²) in [5.74, 6) is 0.748. The summed E-state index contributed by atoms with van der Waals surface area (Å²) in [4.78, 5) is 0. The Bertz CT molecular complexity index is 217. The molecule has 16 heavy (non-hydrogen) atoms. The van der Waals surface area contributed by atoms with Gasteiger partial charge in [-0.15, -0.1) is 0 Å². The molecule has 0 saturated heterocycles. The molecule has 0 bridgehead atoms. The fraction of sp³-hybridized carbons (Fsp3) is 1.00. The minimum atomic E-state index is -4.05. The molecule has 1 rings (SSSR count). The molecule has 1 atom stereocenters. The van der Waals surface area contributed by atoms with Crippen LogP contribution in [0.2, 0.25) is 0 Å². The standard InChI is InChI=1S/C12H21F3O/c1-9(8-16-3)10-4-6-11(2,7-5-10)12(13,14)15/h9-10H,4-8H2,1-3H3/t9-,10?,11?/m1/s1. The molecular formula is C12H21F3O. The minimum Gasteiger partial charge on any atom is -0.384 e. The highest BCUT2D eigenvalue weighted by molar-refractivity contribution is 4.88. The first-order valence-corrected chi connectivity index (χ1v) is 5.86. The SMILES string of the molecule is COC[C@@H](C)C1CCC(C)(C(F)(F)F)CC1. The van der Waals surface area contributed by atoms with Crippen molar-refractivity contribution in [1.29, 1.82) is 0 Å². The Labute approximate surface area is 95.4 Å². The van der Waals surface area contributed by atoms with Crippen LogP contribution in [0.5, 0.6) is 0 Å². The molecule has 0 amide bonds. The molecule has 1 saturated carbocycles. The van der Waals surface area contributed by atoms with E-state index in [4.69, 9.17) is 4.74 Å². The Hall–Kier alpha value is -0.250. The molecule has 0 radical (unpaired) electrons. The largest absolute Gasteiger partial charge is 0.394 e. The van der Waals surface area contributed by atoms with Gasteiger partial charge in [-0.25, -0.2) is 0 Å². The molecule has 0 aromatic rings. The molecule has 1 aliphatic rings. The predicted molar refractivity (Wildman–Crippen MR) is 57.2 cm³/mol. The molecule has 1 fully saturated rings. The van der Waals surface area contributed by atoms with Crippen LogP contribution in [0.1, 0.15) is 39.5 Å². The second-order valence-electron chi connectivity index (χ2n) is 5.33. The van der Waals surface area contributed by atoms with Crippen LogP contribution in [-0.2, 0) is 4.74 Å². The molecule has 1 nitrogen and oxygen atoms in total. The van der Waals surface area contributed by atoms with E-state index < -0.39 is 11.6 Å². The van der Waals surface area contributed by atoms with E-state index >= 15 is 0 Å². The summed E-state index contributed by atoms with van der Waals surface area (Å²) < 4.78 is 43.4. The van der Waals surface area contributed by atoms with Crippen molar-refractivity contribution in [2.75, 3.05) is 13.7 Å². The molecule has 0 N–H and O–H groups in total. The predicted octanol–water partition coefficient (Wildman–Crippen LogP) is 4.03. The highest BCUT2D eigenvalue weighted by atomic mass is 19.4. The number of methoxy groups -OCH3 is 1. The van der Waals surface area contributed by atoms with Gasteiger partial charge in [0.25, 0.3) is 0 Å². The molecule has 4 heteroatoms. The fourth-order valence-electron chi connectivity index (χ4n) is 2.53. The van der Waals surface area contributed by atoms with Crippen LogP contribution in [0.15, 0.2) is 0 Å². The van der Waals surface area contributed by atoms with E-state index in [0.717, 1.165) is 0 Å². The lowest BCUT2D eigenvalue weighted by atomic mass is 9.68. The third kappa shape index (κ3) is 2.90. The van der Waals surface area contributed by atoms with Crippen LogP contribution in [0.3, 0.4) is 0 Å². The Kier molecular flexibility index (Phi) is 4.27. The van der Waals surface area contributed by atoms with Crippen molar-refractivity contribution in [3.8, 4) is 0 Å². The van der Waals surface area contributed by atoms with Crippen LogP contribution in [0, 0.1) is 17.3 Å². The van der Waals surface area contributed by atoms with E-state index in [2.05, 4.69) is 6.92 Å². The Morgan fingerprint density at radius 2 is 1.81 bits per heavy atom. The molecule has 0 aromatic heterocycles. The first kappa shape index (κ1) is 13.8. The zero-order valence-corrected chi connectivity index (χ0v) is 10.2. The normalized spacial score (nSPS) is 33.8. The summed E-state index contributed by atoms with van der Waals surface area (Å²) >= 11 is 0. The van der Waals surface area contributed by atoms with Crippen molar-refractivity contribution >= 4 is 0 Å². The van der Waals surface area contributed by atoms with Crippen LogP contribution >= 0.6 is 0 Å². The number of rotatable bonds is 3. The first-order chi connectivity index (χ1) is 7.30. The van der Waals surface area contributed by atoms with Gasteiger partial charge in [-0.2, -0.15) is 13.2 Å². The van der Waals surface area contributed by atoms with Crippen molar-refractivity contribution in [3.05, 3.63) is 0 Å². The molecular weight excluding hydrogens is 217 g/mol. The topological polar surface area (TPSA) is 9.23 Å². The van der Waals surface area contributed by atoms with E-state index in [-0.39, 0.29) is 12.8 Å². The molecule has 96 valence electrons. The van der Waals surface area contributed by atoms with Gasteiger partial charge >= 0.3 is 6.18 Å². The highest BCUT2D eigenvalue weighted by Gasteiger charge is 2.52. The maximum atomic E-state index is 12.8. The van der Waals surface area contributed by atoms with Crippen LogP contribution < -0.4 is 0 Å². The Balaban J connectivity index is 2.51. The first-order valence-electron chi connectivity index (χ1n) is 5.86. The van der Waals surface area contributed by atoms with E-state index in [1.807, 2.05) is 0 Å². The highest BCUT2D eigenvalue weighted by Crippen LogP contribution is 2.50. The van der Waals surface area contributed by atoms with Crippen molar-refractivity contribution < 1.29 is 17.9 Å². The van der Waals surface area contributed by atoms with Crippen LogP contribution in [-0.4, -0.2) is 19.9 Å². The molecule has 1 aliphatic carbocycles. The van der Waals surface area contributed by atoms with Crippen molar-refractivity contribution in [2.24, 2.45) is 17.3 Å². The number of halogens is 3. The Morgan fingerprint density at radius 3 is 2.19 bits per heavy atom. The number of alkyl halides is 3. The van der Waals surface area contributed by atoms with E-state index in [1.165, 1.54) is 6.92 Å². The summed E-state index contributed by atoms with van der Waals surface area (Å²) in [5.41, 5.74) is -1.46. The third-order valence-electron chi connectivity index (χ3n) is 4.05. The van der Waals surface area contributed by atoms with E-state index in [9.17, 15) is 13.2 Å². The van der Waals surface area contributed by atoms with Gasteiger partial charge < -0.3 is 4.74 Å². The fourth-order valence-corrected chi connectivity index (χ4v) is 2.53. The Morgan fingerprint density at radius 1 is 1.31 bits per heavy atom. The summed E-state index contributed by atoms with van der Waals surface area (Å²) in [6, 6.07) is 0. The van der Waals surface area contributed by atoms with Gasteiger partial charge in [0.2, 0.25) is 0 Å². The summed E-state index contributed by atoms with van der Waals surface area (Å²) in [7, 11) is 1.64. The van der Waals surface area contributed by atoms with Gasteiger partial charge in [0, 0.05) is 13.7 Å². The van der Waals surface area contributed by atoms with Crippen molar-refractivity contribution in [3.63, 3.8) is 0 Å². The van der Waals surface area contributed by atoms with E-state index in [1.54, 1.807) is 7.11 Å². The maximum absolute atomic E-state index is 12.8. The number of ether oxygens (including phenoxy) is 1. The summed E-state index contributed by atoms with van der Waals surface area (Å²) in [6.07, 6.45) is -2.20. The number of hydrogen-bond donors (Lipinski definition) is 0. The molecule has 0 heterocycles. The lowest BCUT2D eigenvalue weighted by molar-refractivity contribution is -0.231. The second-order valence-corrected chi connectivity index (χ2v) is 5.33. The average Bonchev–Trinajstić information content (AvgIpc) is 2.17. The smallest absolute Gasteiger partial charge is 0.384 e. The molecule has 0 aliphatic heterocycles. The van der Waals surface area contributed by atoms with Crippen LogP contribution in [0.25, 0.3) is 0 Å². The second kappa shape index (κ2) is 4.94. The maximum Gasteiger partial charge on any atom is 0.394 e. The van der Waals surface area contributed by atoms with E-state index in [0.29, 0.717) is 31.3 Å². The average molecular weight is 238 g/mol. The van der Waals surface area contributed by atoms with Gasteiger partial charge in [0.1, 0.15) is 0 Å². The summed E-state index contributed by atoms with van der Waals surface area (Å²) in [6.45, 7) is 4.06. The molecule has 0 spiro atoms. The van der Waals surface area contributed by atoms with Gasteiger partial charge in [0.15, 0.2) is 0 Å². The zero-order valence-electron chi connectivity index (χ0n) is 10.2. The van der Waals surface area contributed by atoms with Gasteiger partial charge in [-0.1, -0.05) is 13.8 Å². The van der Waals surface area contributed by atoms with Crippen LogP contribution in [0.4, 0.5) is 13.2 Å². The van der Waals surface area contributed by atoms with Gasteiger partial charge in [-0.05, 0) is 37.5 Å². The lowest BCUT2D eigenvalue weighted by Gasteiger charge is -2.40. The van der Waals surface area contributed by atoms with Crippen molar-refractivity contribution in [1.82, 2.24) is 0 Å². The lowest BCUT2D eigenvalue weighted by Crippen LogP contribution is -2.39. The van der Waals surface area contributed by atoms with Gasteiger partial charge in [-0.3, -0.25) is 0 Å². The minimum absolute atomic E-state index is 0.259. The zero-order chi connectivity index (χ0) is 12.4. The monoisotopic (exact) mass is 238 g/mol. The molecule has 0 unspecified atom stereocenters. The van der Waals surface area contributed by atoms with Crippen molar-refractivity contribution in [2.45, 2.75) is 45.7 Å². The third-order valence-corrected chi connectivity index (χ3v) is 4.05. The molecule has 0 aromatic carbocycles.